The fourth-order valence-corrected chi connectivity index (χ4v) is 5.29. The van der Waals surface area contributed by atoms with Gasteiger partial charge in [-0.1, -0.05) is 35.1 Å². The van der Waals surface area contributed by atoms with Crippen molar-refractivity contribution in [2.45, 2.75) is 20.5 Å². The van der Waals surface area contributed by atoms with E-state index in [-0.39, 0.29) is 12.2 Å². The third kappa shape index (κ3) is 3.52. The molecule has 0 unspecified atom stereocenters. The van der Waals surface area contributed by atoms with Crippen LogP contribution >= 0.6 is 34.3 Å². The average molecular weight is 472 g/mol. The monoisotopic (exact) mass is 471 g/mol. The van der Waals surface area contributed by atoms with Gasteiger partial charge in [0.1, 0.15) is 16.3 Å². The van der Waals surface area contributed by atoms with Crippen LogP contribution in [0.15, 0.2) is 41.2 Å². The van der Waals surface area contributed by atoms with Crippen molar-refractivity contribution in [1.29, 1.82) is 0 Å². The lowest BCUT2D eigenvalue weighted by Gasteiger charge is -2.04. The van der Waals surface area contributed by atoms with Crippen molar-refractivity contribution in [3.8, 4) is 5.69 Å². The Kier molecular flexibility index (Phi) is 4.84. The first kappa shape index (κ1) is 19.9. The van der Waals surface area contributed by atoms with Gasteiger partial charge in [0.25, 0.3) is 5.56 Å². The van der Waals surface area contributed by atoms with Gasteiger partial charge in [-0.15, -0.1) is 11.3 Å². The predicted molar refractivity (Wildman–Crippen MR) is 120 cm³/mol. The molecule has 0 N–H and O–H groups in total. The smallest absolute Gasteiger partial charge is 0.348 e. The van der Waals surface area contributed by atoms with Crippen molar-refractivity contribution >= 4 is 55.4 Å². The summed E-state index contributed by atoms with van der Waals surface area (Å²) in [6.07, 6.45) is 0. The Morgan fingerprint density at radius 1 is 1.16 bits per heavy atom. The van der Waals surface area contributed by atoms with Gasteiger partial charge < -0.3 is 4.74 Å². The molecule has 0 saturated carbocycles. The number of esters is 1. The van der Waals surface area contributed by atoms with Gasteiger partial charge in [0.15, 0.2) is 5.01 Å². The summed E-state index contributed by atoms with van der Waals surface area (Å²) in [6.45, 7) is 3.58. The number of ether oxygens (including phenoxy) is 1. The molecule has 11 heteroatoms. The Balaban J connectivity index is 1.42. The number of hydrogen-bond acceptors (Lipinski definition) is 8. The van der Waals surface area contributed by atoms with E-state index < -0.39 is 5.97 Å². The molecule has 0 bridgehead atoms. The van der Waals surface area contributed by atoms with Gasteiger partial charge in [0.2, 0.25) is 4.96 Å². The lowest BCUT2D eigenvalue weighted by atomic mass is 10.3. The molecule has 0 saturated heterocycles. The Bertz CT molecular complexity index is 1530. The number of aromatic nitrogens is 5. The highest BCUT2D eigenvalue weighted by Gasteiger charge is 2.20. The SMILES string of the molecule is Cc1cc(=O)n2nc(COC(=O)c3cc4c(C)nn(-c5ccccc5Cl)c4s3)sc2n1. The summed E-state index contributed by atoms with van der Waals surface area (Å²) in [5, 5.41) is 10.7. The lowest BCUT2D eigenvalue weighted by molar-refractivity contribution is 0.0477. The molecule has 5 rings (SSSR count). The first-order valence-electron chi connectivity index (χ1n) is 9.18. The summed E-state index contributed by atoms with van der Waals surface area (Å²) in [5.41, 5.74) is 1.88. The van der Waals surface area contributed by atoms with Crippen LogP contribution < -0.4 is 5.56 Å². The van der Waals surface area contributed by atoms with Crippen LogP contribution in [0.3, 0.4) is 0 Å². The van der Waals surface area contributed by atoms with Crippen LogP contribution in [-0.2, 0) is 11.3 Å². The number of benzene rings is 1. The van der Waals surface area contributed by atoms with Gasteiger partial charge in [-0.3, -0.25) is 4.79 Å². The topological polar surface area (TPSA) is 91.4 Å². The Labute approximate surface area is 188 Å². The van der Waals surface area contributed by atoms with E-state index in [0.717, 1.165) is 21.6 Å². The zero-order valence-electron chi connectivity index (χ0n) is 16.3. The third-order valence-electron chi connectivity index (χ3n) is 4.57. The van der Waals surface area contributed by atoms with E-state index in [2.05, 4.69) is 15.2 Å². The second kappa shape index (κ2) is 7.56. The summed E-state index contributed by atoms with van der Waals surface area (Å²) in [5.74, 6) is -0.470. The number of carbonyl (C=O) groups is 1. The van der Waals surface area contributed by atoms with Crippen molar-refractivity contribution in [2.24, 2.45) is 0 Å². The molecule has 4 heterocycles. The quantitative estimate of drug-likeness (QED) is 0.365. The largest absolute Gasteiger partial charge is 0.454 e. The van der Waals surface area contributed by atoms with Crippen molar-refractivity contribution in [1.82, 2.24) is 24.4 Å². The molecule has 0 fully saturated rings. The number of halogens is 1. The first-order chi connectivity index (χ1) is 14.9. The minimum Gasteiger partial charge on any atom is -0.454 e. The minimum atomic E-state index is -0.470. The van der Waals surface area contributed by atoms with Crippen molar-refractivity contribution < 1.29 is 9.53 Å². The molecule has 5 aromatic rings. The van der Waals surface area contributed by atoms with Crippen LogP contribution in [0.5, 0.6) is 0 Å². The number of thiophene rings is 1. The van der Waals surface area contributed by atoms with Crippen LogP contribution in [0.2, 0.25) is 5.02 Å². The highest BCUT2D eigenvalue weighted by atomic mass is 35.5. The highest BCUT2D eigenvalue weighted by Crippen LogP contribution is 2.32. The fraction of sp³-hybridized carbons (Fsp3) is 0.150. The molecule has 0 aliphatic carbocycles. The van der Waals surface area contributed by atoms with Gasteiger partial charge in [0.05, 0.1) is 16.4 Å². The van der Waals surface area contributed by atoms with Gasteiger partial charge in [-0.25, -0.2) is 14.5 Å². The molecule has 0 radical (unpaired) electrons. The van der Waals surface area contributed by atoms with E-state index in [1.54, 1.807) is 23.7 Å². The fourth-order valence-electron chi connectivity index (χ4n) is 3.15. The maximum atomic E-state index is 12.7. The summed E-state index contributed by atoms with van der Waals surface area (Å²) in [7, 11) is 0. The van der Waals surface area contributed by atoms with Gasteiger partial charge in [-0.05, 0) is 32.0 Å². The van der Waals surface area contributed by atoms with Crippen molar-refractivity contribution in [2.75, 3.05) is 0 Å². The van der Waals surface area contributed by atoms with E-state index in [9.17, 15) is 9.59 Å². The zero-order chi connectivity index (χ0) is 21.7. The minimum absolute atomic E-state index is 0.0464. The van der Waals surface area contributed by atoms with E-state index in [1.165, 1.54) is 33.3 Å². The number of rotatable bonds is 4. The molecular weight excluding hydrogens is 458 g/mol. The highest BCUT2D eigenvalue weighted by molar-refractivity contribution is 7.20. The maximum Gasteiger partial charge on any atom is 0.348 e. The molecule has 156 valence electrons. The van der Waals surface area contributed by atoms with Gasteiger partial charge >= 0.3 is 5.97 Å². The summed E-state index contributed by atoms with van der Waals surface area (Å²) >= 11 is 8.82. The van der Waals surface area contributed by atoms with Crippen LogP contribution in [0.4, 0.5) is 0 Å². The number of fused-ring (bicyclic) bond motifs is 2. The summed E-state index contributed by atoms with van der Waals surface area (Å²) in [6, 6.07) is 10.6. The molecule has 0 atom stereocenters. The van der Waals surface area contributed by atoms with Crippen molar-refractivity contribution in [3.63, 3.8) is 0 Å². The lowest BCUT2D eigenvalue weighted by Crippen LogP contribution is -2.14. The number of hydrogen-bond donors (Lipinski definition) is 0. The van der Waals surface area contributed by atoms with Crippen LogP contribution in [-0.4, -0.2) is 30.3 Å². The molecular formula is C20H14ClN5O3S2. The molecule has 1 aromatic carbocycles. The van der Waals surface area contributed by atoms with Crippen LogP contribution in [0.1, 0.15) is 26.1 Å². The number of carbonyl (C=O) groups excluding carboxylic acids is 1. The first-order valence-corrected chi connectivity index (χ1v) is 11.2. The second-order valence-corrected chi connectivity index (χ2v) is 9.26. The van der Waals surface area contributed by atoms with E-state index in [0.29, 0.717) is 25.6 Å². The Hall–Kier alpha value is -3.08. The average Bonchev–Trinajstić information content (AvgIpc) is 3.42. The number of nitrogens with zero attached hydrogens (tertiary/aromatic N) is 5. The van der Waals surface area contributed by atoms with Gasteiger partial charge in [0, 0.05) is 17.1 Å². The molecule has 8 nitrogen and oxygen atoms in total. The maximum absolute atomic E-state index is 12.7. The Morgan fingerprint density at radius 2 is 1.97 bits per heavy atom. The molecule has 0 aliphatic rings. The molecule has 0 amide bonds. The predicted octanol–water partition coefficient (Wildman–Crippen LogP) is 4.18. The van der Waals surface area contributed by atoms with E-state index in [1.807, 2.05) is 25.1 Å². The normalized spacial score (nSPS) is 11.5. The molecule has 0 aliphatic heterocycles. The molecule has 31 heavy (non-hydrogen) atoms. The van der Waals surface area contributed by atoms with E-state index >= 15 is 0 Å². The summed E-state index contributed by atoms with van der Waals surface area (Å²) < 4.78 is 8.39. The van der Waals surface area contributed by atoms with Crippen molar-refractivity contribution in [3.05, 3.63) is 73.0 Å². The summed E-state index contributed by atoms with van der Waals surface area (Å²) in [4.78, 5) is 30.7. The third-order valence-corrected chi connectivity index (χ3v) is 6.86. The van der Waals surface area contributed by atoms with E-state index in [4.69, 9.17) is 16.3 Å². The van der Waals surface area contributed by atoms with Crippen LogP contribution in [0, 0.1) is 13.8 Å². The van der Waals surface area contributed by atoms with Gasteiger partial charge in [-0.2, -0.15) is 14.7 Å². The second-order valence-electron chi connectivity index (χ2n) is 6.78. The number of aryl methyl sites for hydroxylation is 2. The zero-order valence-corrected chi connectivity index (χ0v) is 18.7. The molecule has 4 aromatic heterocycles. The molecule has 0 spiro atoms. The standard InChI is InChI=1S/C20H14ClN5O3S2/c1-10-7-17(27)26-20(22-10)31-16(24-26)9-29-19(28)15-8-12-11(2)23-25(18(12)30-15)14-6-4-3-5-13(14)21/h3-8H,9H2,1-2H3. The number of para-hydroxylation sites is 1. The Morgan fingerprint density at radius 3 is 2.77 bits per heavy atom. The van der Waals surface area contributed by atoms with Crippen LogP contribution in [0.25, 0.3) is 20.9 Å².